The average Bonchev–Trinajstić information content (AvgIpc) is 2.78. The molecule has 4 rings (SSSR count). The summed E-state index contributed by atoms with van der Waals surface area (Å²) in [5, 5.41) is 0. The zero-order chi connectivity index (χ0) is 23.7. The molecule has 5 nitrogen and oxygen atoms in total. The van der Waals surface area contributed by atoms with E-state index in [-0.39, 0.29) is 14.2 Å². The zero-order valence-electron chi connectivity index (χ0n) is 22.3. The molecule has 0 aromatic heterocycles. The van der Waals surface area contributed by atoms with Crippen LogP contribution in [-0.4, -0.2) is 79.8 Å². The Hall–Kier alpha value is -1.46. The van der Waals surface area contributed by atoms with Crippen LogP contribution in [0.2, 0.25) is 0 Å². The van der Waals surface area contributed by atoms with E-state index in [1.165, 1.54) is 86.6 Å². The fourth-order valence-electron chi connectivity index (χ4n) is 6.85. The maximum absolute atomic E-state index is 2.74. The lowest BCUT2D eigenvalue weighted by Gasteiger charge is -2.48. The highest BCUT2D eigenvalue weighted by Gasteiger charge is 2.57. The highest BCUT2D eigenvalue weighted by Crippen LogP contribution is 2.35. The van der Waals surface area contributed by atoms with E-state index in [1.54, 1.807) is 0 Å². The van der Waals surface area contributed by atoms with Gasteiger partial charge in [0.25, 0.3) is 0 Å². The van der Waals surface area contributed by atoms with Gasteiger partial charge in [-0.15, -0.1) is 0 Å². The molecule has 1 heterocycles. The van der Waals surface area contributed by atoms with Crippen molar-refractivity contribution in [1.29, 1.82) is 0 Å². The number of hydrogen-bond donors (Lipinski definition) is 0. The van der Waals surface area contributed by atoms with Crippen molar-refractivity contribution in [3.8, 4) is 0 Å². The van der Waals surface area contributed by atoms with Crippen molar-refractivity contribution < 1.29 is 4.49 Å². The third-order valence-electron chi connectivity index (χ3n) is 8.11. The second kappa shape index (κ2) is 10.4. The molecule has 0 saturated heterocycles. The van der Waals surface area contributed by atoms with Gasteiger partial charge in [0.05, 0.1) is 12.1 Å². The third-order valence-corrected chi connectivity index (χ3v) is 8.11. The first kappa shape index (κ1) is 24.7. The van der Waals surface area contributed by atoms with Gasteiger partial charge in [0.15, 0.2) is 0 Å². The molecule has 2 saturated carbocycles. The second-order valence-corrected chi connectivity index (χ2v) is 11.4. The van der Waals surface area contributed by atoms with Crippen molar-refractivity contribution >= 4 is 26.3 Å². The Labute approximate surface area is 204 Å². The zero-order valence-corrected chi connectivity index (χ0v) is 22.3. The van der Waals surface area contributed by atoms with Gasteiger partial charge >= 0.3 is 14.2 Å². The molecule has 1 aromatic rings. The van der Waals surface area contributed by atoms with E-state index >= 15 is 0 Å². The minimum absolute atomic E-state index is 0.209. The summed E-state index contributed by atoms with van der Waals surface area (Å²) in [5.41, 5.74) is 5.54. The summed E-state index contributed by atoms with van der Waals surface area (Å²) in [6.45, 7) is 6.84. The van der Waals surface area contributed by atoms with E-state index in [4.69, 9.17) is 0 Å². The van der Waals surface area contributed by atoms with Crippen molar-refractivity contribution in [3.63, 3.8) is 0 Å². The Morgan fingerprint density at radius 3 is 1.85 bits per heavy atom. The van der Waals surface area contributed by atoms with Crippen molar-refractivity contribution in [2.45, 2.75) is 97.1 Å². The first-order valence-electron chi connectivity index (χ1n) is 13.4. The Bertz CT molecular complexity index is 820. The van der Waals surface area contributed by atoms with Gasteiger partial charge in [-0.05, 0) is 111 Å². The summed E-state index contributed by atoms with van der Waals surface area (Å²) in [6, 6.07) is 5.98. The third kappa shape index (κ3) is 5.00. The van der Waals surface area contributed by atoms with Crippen molar-refractivity contribution in [3.05, 3.63) is 28.8 Å². The molecule has 180 valence electrons. The van der Waals surface area contributed by atoms with Gasteiger partial charge in [0.2, 0.25) is 6.34 Å². The molecular weight excluding hydrogens is 404 g/mol. The van der Waals surface area contributed by atoms with E-state index in [0.717, 1.165) is 0 Å². The lowest BCUT2D eigenvalue weighted by molar-refractivity contribution is -0.452. The van der Waals surface area contributed by atoms with Gasteiger partial charge in [0.1, 0.15) is 0 Å². The standard InChI is InChI=1S/C26H46B2N5/c1-21-18-22(2)26(23(3)19-21)33-27(29(4)5)31(24-14-10-8-11-15-24)20-32(28(33)30(6)7)25-16-12-9-13-17-25/h18-20,24-25H,8-17H2,1-7H3/q+1. The van der Waals surface area contributed by atoms with E-state index in [9.17, 15) is 0 Å². The Morgan fingerprint density at radius 1 is 0.788 bits per heavy atom. The first-order chi connectivity index (χ1) is 15.8. The van der Waals surface area contributed by atoms with Crippen LogP contribution in [0.5, 0.6) is 0 Å². The topological polar surface area (TPSA) is 16.0 Å². The maximum Gasteiger partial charge on any atom is 0.585 e. The summed E-state index contributed by atoms with van der Waals surface area (Å²) in [6.07, 6.45) is 16.0. The summed E-state index contributed by atoms with van der Waals surface area (Å²) in [4.78, 5) is 7.63. The van der Waals surface area contributed by atoms with Crippen molar-refractivity contribution in [1.82, 2.24) is 14.4 Å². The molecule has 0 atom stereocenters. The molecule has 0 unspecified atom stereocenters. The normalized spacial score (nSPS) is 21.4. The number of benzene rings is 1. The highest BCUT2D eigenvalue weighted by molar-refractivity contribution is 6.78. The van der Waals surface area contributed by atoms with Crippen LogP contribution in [0.1, 0.15) is 80.9 Å². The molecule has 2 aliphatic carbocycles. The van der Waals surface area contributed by atoms with Gasteiger partial charge in [0, 0.05) is 5.69 Å². The van der Waals surface area contributed by atoms with E-state index in [1.807, 2.05) is 0 Å². The van der Waals surface area contributed by atoms with Gasteiger partial charge < -0.3 is 4.72 Å². The molecule has 1 aliphatic heterocycles. The molecule has 0 bridgehead atoms. The summed E-state index contributed by atoms with van der Waals surface area (Å²) >= 11 is 0. The predicted octanol–water partition coefficient (Wildman–Crippen LogP) is 4.53. The number of nitrogens with zero attached hydrogens (tertiary/aromatic N) is 5. The first-order valence-corrected chi connectivity index (χ1v) is 13.4. The van der Waals surface area contributed by atoms with E-state index < -0.39 is 0 Å². The van der Waals surface area contributed by atoms with Crippen molar-refractivity contribution in [2.24, 2.45) is 0 Å². The van der Waals surface area contributed by atoms with Crippen LogP contribution in [0.4, 0.5) is 5.69 Å². The number of anilines is 1. The van der Waals surface area contributed by atoms with Crippen LogP contribution >= 0.6 is 0 Å². The van der Waals surface area contributed by atoms with Gasteiger partial charge in [-0.1, -0.05) is 30.5 Å². The van der Waals surface area contributed by atoms with Crippen molar-refractivity contribution in [2.75, 3.05) is 32.9 Å². The average molecular weight is 450 g/mol. The van der Waals surface area contributed by atoms with Crippen LogP contribution in [0.25, 0.3) is 0 Å². The van der Waals surface area contributed by atoms with Crippen LogP contribution in [0, 0.1) is 20.8 Å². The molecule has 1 aromatic carbocycles. The Balaban J connectivity index is 1.90. The Morgan fingerprint density at radius 2 is 1.33 bits per heavy atom. The maximum atomic E-state index is 2.74. The summed E-state index contributed by atoms with van der Waals surface area (Å²) < 4.78 is 5.49. The fourth-order valence-corrected chi connectivity index (χ4v) is 6.85. The molecule has 0 spiro atoms. The molecule has 33 heavy (non-hydrogen) atoms. The molecule has 0 radical (unpaired) electrons. The minimum atomic E-state index is 0.209. The number of hydrogen-bond acceptors (Lipinski definition) is 4. The molecule has 2 fully saturated rings. The van der Waals surface area contributed by atoms with Crippen LogP contribution in [0.3, 0.4) is 0 Å². The second-order valence-electron chi connectivity index (χ2n) is 11.4. The monoisotopic (exact) mass is 450 g/mol. The lowest BCUT2D eigenvalue weighted by atomic mass is 9.65. The van der Waals surface area contributed by atoms with E-state index in [2.05, 4.69) is 91.1 Å². The van der Waals surface area contributed by atoms with Crippen LogP contribution in [-0.2, 0) is 0 Å². The van der Waals surface area contributed by atoms with Crippen LogP contribution in [0.15, 0.2) is 12.1 Å². The van der Waals surface area contributed by atoms with E-state index in [0.29, 0.717) is 12.1 Å². The van der Waals surface area contributed by atoms with Crippen LogP contribution < -0.4 is 4.72 Å². The number of rotatable bonds is 5. The smallest absolute Gasteiger partial charge is 0.348 e. The quantitative estimate of drug-likeness (QED) is 0.613. The minimum Gasteiger partial charge on any atom is -0.348 e. The lowest BCUT2D eigenvalue weighted by Crippen LogP contribution is -2.77. The molecule has 7 heteroatoms. The largest absolute Gasteiger partial charge is 0.585 e. The SMILES string of the molecule is Cc1cc(C)c(N2B(N(C)C)N(C3CCCCC3)C=[N+](C3CCCCC3)B2N(C)C)c(C)c1. The fraction of sp³-hybridized carbons (Fsp3) is 0.731. The molecule has 0 N–H and O–H groups in total. The highest BCUT2D eigenvalue weighted by atomic mass is 15.4. The molecule has 0 amide bonds. The Kier molecular flexibility index (Phi) is 7.80. The molecular formula is C26H46B2N5+. The summed E-state index contributed by atoms with van der Waals surface area (Å²) in [5.74, 6) is 0. The summed E-state index contributed by atoms with van der Waals surface area (Å²) in [7, 11) is 9.49. The predicted molar refractivity (Wildman–Crippen MR) is 144 cm³/mol. The van der Waals surface area contributed by atoms with Gasteiger partial charge in [-0.25, -0.2) is 0 Å². The van der Waals surface area contributed by atoms with Gasteiger partial charge in [-0.3, -0.25) is 18.9 Å². The molecule has 3 aliphatic rings. The number of aryl methyl sites for hydroxylation is 3. The van der Waals surface area contributed by atoms with Gasteiger partial charge in [-0.2, -0.15) is 0 Å².